The molecule has 0 saturated heterocycles. The highest BCUT2D eigenvalue weighted by molar-refractivity contribution is 6.31. The molecule has 0 spiro atoms. The molecule has 0 atom stereocenters. The van der Waals surface area contributed by atoms with Gasteiger partial charge in [-0.15, -0.1) is 0 Å². The van der Waals surface area contributed by atoms with Crippen molar-refractivity contribution in [1.29, 1.82) is 0 Å². The van der Waals surface area contributed by atoms with Crippen molar-refractivity contribution >= 4 is 17.8 Å². The van der Waals surface area contributed by atoms with Crippen LogP contribution in [0.25, 0.3) is 0 Å². The number of anilines is 1. The molecule has 0 aliphatic rings. The van der Waals surface area contributed by atoms with E-state index in [0.717, 1.165) is 11.8 Å². The molecule has 2 N–H and O–H groups in total. The number of nitrogens with one attached hydrogen (secondary N) is 1. The maximum absolute atomic E-state index is 11.1. The molecule has 1 aromatic carbocycles. The number of aryl methyl sites for hydroxylation is 1. The Kier molecular flexibility index (Phi) is 4.05. The van der Waals surface area contributed by atoms with E-state index in [0.29, 0.717) is 11.6 Å². The van der Waals surface area contributed by atoms with Crippen LogP contribution < -0.4 is 5.32 Å². The maximum atomic E-state index is 11.1. The van der Waals surface area contributed by atoms with E-state index in [1.54, 1.807) is 0 Å². The molecule has 1 aromatic rings. The lowest BCUT2D eigenvalue weighted by Crippen LogP contribution is -2.12. The van der Waals surface area contributed by atoms with E-state index in [9.17, 15) is 4.79 Å². The van der Waals surface area contributed by atoms with E-state index in [1.807, 2.05) is 25.1 Å². The van der Waals surface area contributed by atoms with Crippen molar-refractivity contribution in [2.45, 2.75) is 26.7 Å². The minimum Gasteiger partial charge on any atom is -0.411 e. The van der Waals surface area contributed by atoms with Crippen molar-refractivity contribution in [3.8, 4) is 0 Å². The fourth-order valence-corrected chi connectivity index (χ4v) is 1.63. The van der Waals surface area contributed by atoms with Crippen LogP contribution in [0.2, 0.25) is 0 Å². The molecule has 1 amide bonds. The van der Waals surface area contributed by atoms with E-state index in [4.69, 9.17) is 5.21 Å². The fraction of sp³-hybridized carbons (Fsp3) is 0.333. The van der Waals surface area contributed by atoms with Crippen LogP contribution in [0.1, 0.15) is 30.9 Å². The molecule has 16 heavy (non-hydrogen) atoms. The van der Waals surface area contributed by atoms with Crippen LogP contribution in [0.15, 0.2) is 23.4 Å². The second kappa shape index (κ2) is 5.30. The number of hydrogen-bond acceptors (Lipinski definition) is 3. The number of benzene rings is 1. The van der Waals surface area contributed by atoms with Crippen molar-refractivity contribution in [3.05, 3.63) is 29.3 Å². The van der Waals surface area contributed by atoms with Gasteiger partial charge in [0.05, 0.1) is 0 Å². The van der Waals surface area contributed by atoms with E-state index in [-0.39, 0.29) is 0 Å². The molecule has 0 radical (unpaired) electrons. The Hall–Kier alpha value is -1.84. The molecule has 0 aromatic heterocycles. The third-order valence-electron chi connectivity index (χ3n) is 2.33. The van der Waals surface area contributed by atoms with Crippen molar-refractivity contribution in [2.24, 2.45) is 5.16 Å². The van der Waals surface area contributed by atoms with Gasteiger partial charge in [0, 0.05) is 5.69 Å². The summed E-state index contributed by atoms with van der Waals surface area (Å²) >= 11 is 0. The lowest BCUT2D eigenvalue weighted by molar-refractivity contribution is -0.110. The average molecular weight is 220 g/mol. The standard InChI is InChI=1S/C12H16N2O2/c1-8(2)11-5-4-10(6-9(11)3)14-12(15)7-13-16/h4-8,16H,1-3H3,(H,14,15)/b13-7-. The first-order valence-electron chi connectivity index (χ1n) is 5.13. The van der Waals surface area contributed by atoms with E-state index in [1.165, 1.54) is 5.56 Å². The third kappa shape index (κ3) is 3.08. The van der Waals surface area contributed by atoms with Gasteiger partial charge in [0.25, 0.3) is 5.91 Å². The molecule has 1 rings (SSSR count). The number of carbonyl (C=O) groups is 1. The topological polar surface area (TPSA) is 61.7 Å². The zero-order valence-corrected chi connectivity index (χ0v) is 9.69. The summed E-state index contributed by atoms with van der Waals surface area (Å²) in [7, 11) is 0. The molecule has 0 aliphatic carbocycles. The minimum absolute atomic E-state index is 0.445. The van der Waals surface area contributed by atoms with Gasteiger partial charge in [0.15, 0.2) is 0 Å². The van der Waals surface area contributed by atoms with Crippen LogP contribution in [0, 0.1) is 6.92 Å². The monoisotopic (exact) mass is 220 g/mol. The summed E-state index contributed by atoms with van der Waals surface area (Å²) in [5, 5.41) is 13.5. The number of hydrogen-bond donors (Lipinski definition) is 2. The van der Waals surface area contributed by atoms with E-state index >= 15 is 0 Å². The van der Waals surface area contributed by atoms with Crippen LogP contribution in [0.5, 0.6) is 0 Å². The molecule has 0 unspecified atom stereocenters. The van der Waals surface area contributed by atoms with Crippen molar-refractivity contribution < 1.29 is 10.0 Å². The molecule has 86 valence electrons. The second-order valence-electron chi connectivity index (χ2n) is 3.96. The Morgan fingerprint density at radius 1 is 1.50 bits per heavy atom. The summed E-state index contributed by atoms with van der Waals surface area (Å²) in [5.41, 5.74) is 3.09. The zero-order chi connectivity index (χ0) is 12.1. The molecule has 0 bridgehead atoms. The first-order chi connectivity index (χ1) is 7.54. The van der Waals surface area contributed by atoms with Gasteiger partial charge in [-0.1, -0.05) is 25.1 Å². The highest BCUT2D eigenvalue weighted by Gasteiger charge is 2.05. The molecular formula is C12H16N2O2. The molecular weight excluding hydrogens is 204 g/mol. The van der Waals surface area contributed by atoms with Gasteiger partial charge in [-0.25, -0.2) is 0 Å². The number of nitrogens with zero attached hydrogens (tertiary/aromatic N) is 1. The molecule has 4 heteroatoms. The van der Waals surface area contributed by atoms with Crippen molar-refractivity contribution in [1.82, 2.24) is 0 Å². The second-order valence-corrected chi connectivity index (χ2v) is 3.96. The van der Waals surface area contributed by atoms with Crippen LogP contribution in [0.4, 0.5) is 5.69 Å². The highest BCUT2D eigenvalue weighted by atomic mass is 16.4. The van der Waals surface area contributed by atoms with Crippen LogP contribution in [-0.2, 0) is 4.79 Å². The smallest absolute Gasteiger partial charge is 0.270 e. The normalized spacial score (nSPS) is 11.0. The quantitative estimate of drug-likeness (QED) is 0.467. The number of amides is 1. The summed E-state index contributed by atoms with van der Waals surface area (Å²) in [4.78, 5) is 11.1. The van der Waals surface area contributed by atoms with Gasteiger partial charge in [-0.05, 0) is 36.1 Å². The first kappa shape index (κ1) is 12.2. The third-order valence-corrected chi connectivity index (χ3v) is 2.33. The lowest BCUT2D eigenvalue weighted by atomic mass is 9.98. The summed E-state index contributed by atoms with van der Waals surface area (Å²) in [6.07, 6.45) is 0.825. The lowest BCUT2D eigenvalue weighted by Gasteiger charge is -2.11. The maximum Gasteiger partial charge on any atom is 0.270 e. The van der Waals surface area contributed by atoms with Crippen LogP contribution >= 0.6 is 0 Å². The summed E-state index contributed by atoms with van der Waals surface area (Å²) in [5.74, 6) is 0.0166. The Morgan fingerprint density at radius 3 is 2.69 bits per heavy atom. The Labute approximate surface area is 95.0 Å². The van der Waals surface area contributed by atoms with Crippen molar-refractivity contribution in [2.75, 3.05) is 5.32 Å². The summed E-state index contributed by atoms with van der Waals surface area (Å²) in [6.45, 7) is 6.25. The summed E-state index contributed by atoms with van der Waals surface area (Å²) in [6, 6.07) is 5.73. The largest absolute Gasteiger partial charge is 0.411 e. The molecule has 0 heterocycles. The molecule has 0 saturated carbocycles. The van der Waals surface area contributed by atoms with Gasteiger partial charge in [-0.2, -0.15) is 0 Å². The van der Waals surface area contributed by atoms with Crippen LogP contribution in [-0.4, -0.2) is 17.3 Å². The molecule has 4 nitrogen and oxygen atoms in total. The first-order valence-corrected chi connectivity index (χ1v) is 5.13. The fourth-order valence-electron chi connectivity index (χ4n) is 1.63. The number of rotatable bonds is 3. The van der Waals surface area contributed by atoms with E-state index in [2.05, 4.69) is 24.3 Å². The SMILES string of the molecule is Cc1cc(NC(=O)/C=N\O)ccc1C(C)C. The van der Waals surface area contributed by atoms with Gasteiger partial charge in [0.1, 0.15) is 6.21 Å². The molecule has 0 aliphatic heterocycles. The van der Waals surface area contributed by atoms with E-state index < -0.39 is 5.91 Å². The van der Waals surface area contributed by atoms with Crippen molar-refractivity contribution in [3.63, 3.8) is 0 Å². The minimum atomic E-state index is -0.445. The highest BCUT2D eigenvalue weighted by Crippen LogP contribution is 2.21. The predicted octanol–water partition coefficient (Wildman–Crippen LogP) is 2.52. The van der Waals surface area contributed by atoms with Crippen LogP contribution in [0.3, 0.4) is 0 Å². The average Bonchev–Trinajstić information content (AvgIpc) is 2.17. The van der Waals surface area contributed by atoms with Gasteiger partial charge >= 0.3 is 0 Å². The van der Waals surface area contributed by atoms with Gasteiger partial charge in [-0.3, -0.25) is 4.79 Å². The zero-order valence-electron chi connectivity index (χ0n) is 9.69. The Balaban J connectivity index is 2.85. The van der Waals surface area contributed by atoms with Gasteiger partial charge in [0.2, 0.25) is 0 Å². The molecule has 0 fully saturated rings. The van der Waals surface area contributed by atoms with Gasteiger partial charge < -0.3 is 10.5 Å². The summed E-state index contributed by atoms with van der Waals surface area (Å²) < 4.78 is 0. The predicted molar refractivity (Wildman–Crippen MR) is 64.2 cm³/mol. The number of oxime groups is 1. The Bertz CT molecular complexity index is 411. The Morgan fingerprint density at radius 2 is 2.19 bits per heavy atom. The number of carbonyl (C=O) groups excluding carboxylic acids is 1.